The van der Waals surface area contributed by atoms with Crippen LogP contribution in [0.15, 0.2) is 0 Å². The molecule has 1 saturated heterocycles. The summed E-state index contributed by atoms with van der Waals surface area (Å²) in [4.78, 5) is 2.90. The van der Waals surface area contributed by atoms with Gasteiger partial charge in [-0.2, -0.15) is 0 Å². The number of hydrogen-bond donors (Lipinski definition) is 1. The van der Waals surface area contributed by atoms with Crippen LogP contribution in [0.25, 0.3) is 0 Å². The van der Waals surface area contributed by atoms with E-state index in [-0.39, 0.29) is 0 Å². The van der Waals surface area contributed by atoms with Crippen molar-refractivity contribution in [3.63, 3.8) is 0 Å². The summed E-state index contributed by atoms with van der Waals surface area (Å²) in [5.74, 6) is 2.72. The average Bonchev–Trinajstić information content (AvgIpc) is 3.31. The lowest BCUT2D eigenvalue weighted by atomic mass is 9.82. The van der Waals surface area contributed by atoms with E-state index >= 15 is 0 Å². The van der Waals surface area contributed by atoms with Crippen LogP contribution in [0.3, 0.4) is 0 Å². The van der Waals surface area contributed by atoms with Crippen LogP contribution in [-0.4, -0.2) is 36.1 Å². The van der Waals surface area contributed by atoms with Gasteiger partial charge in [-0.1, -0.05) is 33.1 Å². The first-order valence-corrected chi connectivity index (χ1v) is 9.16. The van der Waals surface area contributed by atoms with Gasteiger partial charge in [-0.3, -0.25) is 4.90 Å². The van der Waals surface area contributed by atoms with Gasteiger partial charge < -0.3 is 5.32 Å². The molecule has 2 heteroatoms. The minimum Gasteiger partial charge on any atom is -0.311 e. The van der Waals surface area contributed by atoms with Crippen molar-refractivity contribution in [1.29, 1.82) is 0 Å². The Labute approximate surface area is 125 Å². The van der Waals surface area contributed by atoms with Crippen molar-refractivity contribution < 1.29 is 0 Å². The van der Waals surface area contributed by atoms with Crippen LogP contribution < -0.4 is 5.32 Å². The molecule has 3 unspecified atom stereocenters. The third-order valence-electron chi connectivity index (χ3n) is 6.24. The number of rotatable bonds is 4. The molecular formula is C18H34N2. The second-order valence-electron chi connectivity index (χ2n) is 8.00. The van der Waals surface area contributed by atoms with Gasteiger partial charge >= 0.3 is 0 Å². The molecule has 2 aliphatic carbocycles. The minimum atomic E-state index is 0.752. The molecule has 3 atom stereocenters. The van der Waals surface area contributed by atoms with Gasteiger partial charge in [0.15, 0.2) is 0 Å². The summed E-state index contributed by atoms with van der Waals surface area (Å²) in [6, 6.07) is 2.34. The molecule has 0 aromatic heterocycles. The van der Waals surface area contributed by atoms with Crippen molar-refractivity contribution in [3.8, 4) is 0 Å². The van der Waals surface area contributed by atoms with E-state index in [4.69, 9.17) is 0 Å². The summed E-state index contributed by atoms with van der Waals surface area (Å²) in [6.07, 6.45) is 10.3. The van der Waals surface area contributed by atoms with Gasteiger partial charge in [-0.25, -0.2) is 0 Å². The van der Waals surface area contributed by atoms with Gasteiger partial charge in [0.1, 0.15) is 0 Å². The Balaban J connectivity index is 1.67. The Hall–Kier alpha value is -0.0800. The maximum Gasteiger partial charge on any atom is 0.0247 e. The van der Waals surface area contributed by atoms with E-state index in [1.165, 1.54) is 58.0 Å². The van der Waals surface area contributed by atoms with Crippen molar-refractivity contribution in [2.24, 2.45) is 17.8 Å². The summed E-state index contributed by atoms with van der Waals surface area (Å²) < 4.78 is 0. The number of nitrogens with zero attached hydrogens (tertiary/aromatic N) is 1. The van der Waals surface area contributed by atoms with Crippen LogP contribution in [0.4, 0.5) is 0 Å². The van der Waals surface area contributed by atoms with Gasteiger partial charge in [0.05, 0.1) is 0 Å². The van der Waals surface area contributed by atoms with Crippen LogP contribution in [0.1, 0.15) is 65.7 Å². The molecule has 1 heterocycles. The fourth-order valence-corrected chi connectivity index (χ4v) is 4.61. The Morgan fingerprint density at radius 1 is 0.950 bits per heavy atom. The lowest BCUT2D eigenvalue weighted by molar-refractivity contribution is 0.0249. The molecule has 0 spiro atoms. The Morgan fingerprint density at radius 2 is 1.65 bits per heavy atom. The lowest BCUT2D eigenvalue weighted by Gasteiger charge is -2.48. The molecule has 0 aromatic rings. The van der Waals surface area contributed by atoms with E-state index in [1.807, 2.05) is 0 Å². The van der Waals surface area contributed by atoms with Crippen molar-refractivity contribution in [2.45, 2.75) is 83.8 Å². The first kappa shape index (κ1) is 14.8. The Bertz CT molecular complexity index is 305. The molecule has 0 amide bonds. The maximum absolute atomic E-state index is 3.86. The van der Waals surface area contributed by atoms with E-state index in [1.54, 1.807) is 0 Å². The summed E-state index contributed by atoms with van der Waals surface area (Å²) in [7, 11) is 0. The van der Waals surface area contributed by atoms with Crippen molar-refractivity contribution in [1.82, 2.24) is 10.2 Å². The standard InChI is InChI=1S/C18H34N2/c1-13(2)18-11-19-17(16-9-10-16)12-20(18)14(3)15-7-5-4-6-8-15/h13-19H,4-12H2,1-3H3. The second kappa shape index (κ2) is 6.36. The number of nitrogens with one attached hydrogen (secondary N) is 1. The van der Waals surface area contributed by atoms with Crippen LogP contribution in [-0.2, 0) is 0 Å². The lowest BCUT2D eigenvalue weighted by Crippen LogP contribution is -2.62. The SMILES string of the molecule is CC(C)C1CNC(C2CC2)CN1C(C)C1CCCCC1. The molecule has 2 nitrogen and oxygen atoms in total. The zero-order valence-corrected chi connectivity index (χ0v) is 13.8. The number of piperazine rings is 1. The van der Waals surface area contributed by atoms with Gasteiger partial charge in [-0.05, 0) is 50.4 Å². The van der Waals surface area contributed by atoms with Crippen molar-refractivity contribution >= 4 is 0 Å². The van der Waals surface area contributed by atoms with Gasteiger partial charge in [-0.15, -0.1) is 0 Å². The van der Waals surface area contributed by atoms with Crippen LogP contribution in [0.2, 0.25) is 0 Å². The highest BCUT2D eigenvalue weighted by molar-refractivity contribution is 4.97. The molecule has 3 rings (SSSR count). The molecule has 3 fully saturated rings. The fourth-order valence-electron chi connectivity index (χ4n) is 4.61. The second-order valence-corrected chi connectivity index (χ2v) is 8.00. The van der Waals surface area contributed by atoms with E-state index in [0.717, 1.165) is 35.9 Å². The summed E-state index contributed by atoms with van der Waals surface area (Å²) in [5.41, 5.74) is 0. The smallest absolute Gasteiger partial charge is 0.0247 e. The summed E-state index contributed by atoms with van der Waals surface area (Å²) >= 11 is 0. The van der Waals surface area contributed by atoms with Gasteiger partial charge in [0.2, 0.25) is 0 Å². The van der Waals surface area contributed by atoms with Crippen LogP contribution >= 0.6 is 0 Å². The van der Waals surface area contributed by atoms with E-state index in [9.17, 15) is 0 Å². The van der Waals surface area contributed by atoms with Gasteiger partial charge in [0.25, 0.3) is 0 Å². The molecule has 2 saturated carbocycles. The predicted molar refractivity (Wildman–Crippen MR) is 85.9 cm³/mol. The molecule has 20 heavy (non-hydrogen) atoms. The van der Waals surface area contributed by atoms with Crippen LogP contribution in [0, 0.1) is 17.8 Å². The molecule has 1 aliphatic heterocycles. The molecule has 1 N–H and O–H groups in total. The normalized spacial score (nSPS) is 35.4. The molecule has 0 radical (unpaired) electrons. The topological polar surface area (TPSA) is 15.3 Å². The largest absolute Gasteiger partial charge is 0.311 e. The molecular weight excluding hydrogens is 244 g/mol. The zero-order valence-electron chi connectivity index (χ0n) is 13.8. The quantitative estimate of drug-likeness (QED) is 0.844. The van der Waals surface area contributed by atoms with E-state index in [2.05, 4.69) is 31.0 Å². The molecule has 116 valence electrons. The maximum atomic E-state index is 3.86. The highest BCUT2D eigenvalue weighted by Crippen LogP contribution is 2.37. The Morgan fingerprint density at radius 3 is 2.25 bits per heavy atom. The summed E-state index contributed by atoms with van der Waals surface area (Å²) in [5, 5.41) is 3.86. The first-order valence-electron chi connectivity index (χ1n) is 9.16. The van der Waals surface area contributed by atoms with E-state index < -0.39 is 0 Å². The third kappa shape index (κ3) is 3.22. The van der Waals surface area contributed by atoms with Crippen LogP contribution in [0.5, 0.6) is 0 Å². The fraction of sp³-hybridized carbons (Fsp3) is 1.00. The average molecular weight is 278 g/mol. The number of hydrogen-bond acceptors (Lipinski definition) is 2. The predicted octanol–water partition coefficient (Wildman–Crippen LogP) is 3.66. The third-order valence-corrected chi connectivity index (χ3v) is 6.24. The molecule has 3 aliphatic rings. The van der Waals surface area contributed by atoms with E-state index in [0.29, 0.717) is 0 Å². The summed E-state index contributed by atoms with van der Waals surface area (Å²) in [6.45, 7) is 9.87. The van der Waals surface area contributed by atoms with Crippen molar-refractivity contribution in [2.75, 3.05) is 13.1 Å². The highest BCUT2D eigenvalue weighted by atomic mass is 15.3. The molecule has 0 aromatic carbocycles. The minimum absolute atomic E-state index is 0.752. The van der Waals surface area contributed by atoms with Crippen molar-refractivity contribution in [3.05, 3.63) is 0 Å². The highest BCUT2D eigenvalue weighted by Gasteiger charge is 2.40. The molecule has 0 bridgehead atoms. The zero-order chi connectivity index (χ0) is 14.1. The first-order chi connectivity index (χ1) is 9.66. The van der Waals surface area contributed by atoms with Gasteiger partial charge in [0, 0.05) is 31.2 Å². The monoisotopic (exact) mass is 278 g/mol. The Kier molecular flexibility index (Phi) is 4.72.